The van der Waals surface area contributed by atoms with E-state index in [4.69, 9.17) is 0 Å². The Balaban J connectivity index is 0.000000451. The van der Waals surface area contributed by atoms with Gasteiger partial charge in [-0.1, -0.05) is 51.1 Å². The molecule has 1 amide bonds. The first-order valence-electron chi connectivity index (χ1n) is 11.0. The fourth-order valence-electron chi connectivity index (χ4n) is 3.60. The number of nitrogens with zero attached hydrogens (tertiary/aromatic N) is 1. The molecule has 1 aliphatic heterocycles. The van der Waals surface area contributed by atoms with E-state index in [9.17, 15) is 18.4 Å². The Morgan fingerprint density at radius 3 is 2.19 bits per heavy atom. The Morgan fingerprint density at radius 1 is 1.16 bits per heavy atom. The molecule has 1 N–H and O–H groups in total. The van der Waals surface area contributed by atoms with Crippen LogP contribution in [0.3, 0.4) is 0 Å². The molecule has 32 heavy (non-hydrogen) atoms. The lowest BCUT2D eigenvalue weighted by molar-refractivity contribution is -0.125. The van der Waals surface area contributed by atoms with Crippen LogP contribution < -0.4 is 5.32 Å². The number of carbonyl (C=O) groups is 2. The van der Waals surface area contributed by atoms with Gasteiger partial charge < -0.3 is 10.1 Å². The Labute approximate surface area is 190 Å². The summed E-state index contributed by atoms with van der Waals surface area (Å²) in [5.41, 5.74) is 1.53. The predicted molar refractivity (Wildman–Crippen MR) is 124 cm³/mol. The molecule has 1 heterocycles. The van der Waals surface area contributed by atoms with Gasteiger partial charge in [-0.2, -0.15) is 0 Å². The minimum atomic E-state index is -0.585. The average molecular weight is 445 g/mol. The third kappa shape index (κ3) is 7.23. The summed E-state index contributed by atoms with van der Waals surface area (Å²) in [6.45, 7) is 8.98. The Bertz CT molecular complexity index is 887. The lowest BCUT2D eigenvalue weighted by atomic mass is 9.93. The Morgan fingerprint density at radius 2 is 1.75 bits per heavy atom. The molecule has 6 heteroatoms. The molecule has 0 radical (unpaired) electrons. The molecular weight excluding hydrogens is 410 g/mol. The maximum Gasteiger partial charge on any atom is 0.237 e. The van der Waals surface area contributed by atoms with E-state index in [-0.39, 0.29) is 29.0 Å². The van der Waals surface area contributed by atoms with E-state index in [1.54, 1.807) is 24.3 Å². The third-order valence-corrected chi connectivity index (χ3v) is 5.54. The van der Waals surface area contributed by atoms with Crippen LogP contribution in [0.1, 0.15) is 58.6 Å². The quantitative estimate of drug-likeness (QED) is 0.618. The van der Waals surface area contributed by atoms with E-state index in [1.807, 2.05) is 34.7 Å². The van der Waals surface area contributed by atoms with Gasteiger partial charge in [-0.05, 0) is 62.0 Å². The number of benzene rings is 2. The highest BCUT2D eigenvalue weighted by molar-refractivity contribution is 5.82. The molecule has 0 bridgehead atoms. The van der Waals surface area contributed by atoms with Crippen LogP contribution in [0, 0.1) is 17.0 Å². The van der Waals surface area contributed by atoms with E-state index < -0.39 is 11.6 Å². The second-order valence-electron chi connectivity index (χ2n) is 9.52. The van der Waals surface area contributed by atoms with E-state index in [1.165, 1.54) is 18.2 Å². The monoisotopic (exact) mass is 444 g/mol. The number of rotatable bonds is 5. The molecule has 0 spiro atoms. The first-order chi connectivity index (χ1) is 15.0. The molecule has 2 aromatic carbocycles. The van der Waals surface area contributed by atoms with Gasteiger partial charge in [0.2, 0.25) is 5.91 Å². The molecule has 2 unspecified atom stereocenters. The molecule has 2 aromatic rings. The van der Waals surface area contributed by atoms with Gasteiger partial charge in [0.25, 0.3) is 0 Å². The van der Waals surface area contributed by atoms with Gasteiger partial charge in [-0.25, -0.2) is 8.78 Å². The smallest absolute Gasteiger partial charge is 0.237 e. The minimum absolute atomic E-state index is 0.0247. The molecule has 0 aliphatic carbocycles. The van der Waals surface area contributed by atoms with Crippen molar-refractivity contribution in [1.82, 2.24) is 10.2 Å². The lowest BCUT2D eigenvalue weighted by Gasteiger charge is -2.22. The zero-order chi connectivity index (χ0) is 23.9. The SMILES string of the molecule is CC(C)(C)CC=O.CC(NC(=O)C1CCCN1C)c1ccc(-c2c(F)cccc2F)cc1. The standard InChI is InChI=1S/C20H22F2N2O.C6H12O/c1-13(23-20(25)18-7-4-12-24(18)2)14-8-10-15(11-9-14)19-16(21)5-3-6-17(19)22;1-6(2,3)4-5-7/h3,5-6,8-11,13,18H,4,7,12H2,1-2H3,(H,23,25);5H,4H2,1-3H3. The van der Waals surface area contributed by atoms with Gasteiger partial charge in [0.1, 0.15) is 17.9 Å². The Hall–Kier alpha value is -2.60. The summed E-state index contributed by atoms with van der Waals surface area (Å²) in [6.07, 6.45) is 3.53. The van der Waals surface area contributed by atoms with Gasteiger partial charge in [0.15, 0.2) is 0 Å². The topological polar surface area (TPSA) is 49.4 Å². The van der Waals surface area contributed by atoms with Gasteiger partial charge in [0.05, 0.1) is 17.6 Å². The zero-order valence-electron chi connectivity index (χ0n) is 19.6. The third-order valence-electron chi connectivity index (χ3n) is 5.54. The van der Waals surface area contributed by atoms with Crippen molar-refractivity contribution >= 4 is 12.2 Å². The molecule has 0 aromatic heterocycles. The van der Waals surface area contributed by atoms with Gasteiger partial charge >= 0.3 is 0 Å². The van der Waals surface area contributed by atoms with Crippen molar-refractivity contribution in [2.45, 2.75) is 59.0 Å². The Kier molecular flexibility index (Phi) is 9.08. The fraction of sp³-hybridized carbons (Fsp3) is 0.462. The number of carbonyl (C=O) groups excluding carboxylic acids is 2. The number of likely N-dealkylation sites (N-methyl/N-ethyl adjacent to an activating group) is 1. The van der Waals surface area contributed by atoms with Crippen molar-refractivity contribution in [2.24, 2.45) is 5.41 Å². The van der Waals surface area contributed by atoms with E-state index >= 15 is 0 Å². The largest absolute Gasteiger partial charge is 0.348 e. The average Bonchev–Trinajstić information content (AvgIpc) is 3.14. The highest BCUT2D eigenvalue weighted by atomic mass is 19.1. The van der Waals surface area contributed by atoms with Crippen molar-refractivity contribution in [3.63, 3.8) is 0 Å². The van der Waals surface area contributed by atoms with Crippen LogP contribution in [-0.4, -0.2) is 36.7 Å². The summed E-state index contributed by atoms with van der Waals surface area (Å²) in [5, 5.41) is 3.02. The van der Waals surface area contributed by atoms with E-state index in [0.29, 0.717) is 12.0 Å². The second kappa shape index (κ2) is 11.3. The van der Waals surface area contributed by atoms with Gasteiger partial charge in [-0.3, -0.25) is 9.69 Å². The molecule has 4 nitrogen and oxygen atoms in total. The second-order valence-corrected chi connectivity index (χ2v) is 9.52. The first kappa shape index (κ1) is 25.7. The summed E-state index contributed by atoms with van der Waals surface area (Å²) < 4.78 is 27.8. The number of hydrogen-bond donors (Lipinski definition) is 1. The van der Waals surface area contributed by atoms with Gasteiger partial charge in [0, 0.05) is 6.42 Å². The summed E-state index contributed by atoms with van der Waals surface area (Å²) in [6, 6.07) is 10.5. The minimum Gasteiger partial charge on any atom is -0.348 e. The molecule has 1 saturated heterocycles. The van der Waals surface area contributed by atoms with Crippen LogP contribution in [0.4, 0.5) is 8.78 Å². The summed E-state index contributed by atoms with van der Waals surface area (Å²) >= 11 is 0. The molecule has 3 rings (SSSR count). The number of likely N-dealkylation sites (tertiary alicyclic amines) is 1. The maximum atomic E-state index is 13.9. The fourth-order valence-corrected chi connectivity index (χ4v) is 3.60. The summed E-state index contributed by atoms with van der Waals surface area (Å²) in [4.78, 5) is 24.2. The molecule has 1 aliphatic rings. The predicted octanol–water partition coefficient (Wildman–Crippen LogP) is 5.52. The normalized spacial score (nSPS) is 17.3. The molecule has 2 atom stereocenters. The number of halogens is 2. The maximum absolute atomic E-state index is 13.9. The number of amides is 1. The van der Waals surface area contributed by atoms with Crippen molar-refractivity contribution in [2.75, 3.05) is 13.6 Å². The summed E-state index contributed by atoms with van der Waals surface area (Å²) in [7, 11) is 1.96. The first-order valence-corrected chi connectivity index (χ1v) is 11.0. The number of nitrogens with one attached hydrogen (secondary N) is 1. The molecular formula is C26H34F2N2O2. The summed E-state index contributed by atoms with van der Waals surface area (Å²) in [5.74, 6) is -1.14. The van der Waals surface area contributed by atoms with Crippen LogP contribution in [0.5, 0.6) is 0 Å². The van der Waals surface area contributed by atoms with Crippen molar-refractivity contribution in [1.29, 1.82) is 0 Å². The highest BCUT2D eigenvalue weighted by Crippen LogP contribution is 2.27. The van der Waals surface area contributed by atoms with Crippen LogP contribution in [0.2, 0.25) is 0 Å². The van der Waals surface area contributed by atoms with Crippen molar-refractivity contribution in [3.05, 3.63) is 59.7 Å². The van der Waals surface area contributed by atoms with Crippen LogP contribution >= 0.6 is 0 Å². The van der Waals surface area contributed by atoms with Crippen LogP contribution in [-0.2, 0) is 9.59 Å². The van der Waals surface area contributed by atoms with Crippen molar-refractivity contribution in [3.8, 4) is 11.1 Å². The highest BCUT2D eigenvalue weighted by Gasteiger charge is 2.28. The lowest BCUT2D eigenvalue weighted by Crippen LogP contribution is -2.42. The number of aldehydes is 1. The molecule has 174 valence electrons. The van der Waals surface area contributed by atoms with Crippen LogP contribution in [0.15, 0.2) is 42.5 Å². The van der Waals surface area contributed by atoms with Crippen molar-refractivity contribution < 1.29 is 18.4 Å². The van der Waals surface area contributed by atoms with Gasteiger partial charge in [-0.15, -0.1) is 0 Å². The van der Waals surface area contributed by atoms with Crippen LogP contribution in [0.25, 0.3) is 11.1 Å². The van der Waals surface area contributed by atoms with E-state index in [2.05, 4.69) is 10.2 Å². The number of hydrogen-bond acceptors (Lipinski definition) is 3. The molecule has 0 saturated carbocycles. The zero-order valence-corrected chi connectivity index (χ0v) is 19.6. The van der Waals surface area contributed by atoms with E-state index in [0.717, 1.165) is 31.2 Å². The molecule has 1 fully saturated rings.